The smallest absolute Gasteiger partial charge is 0.416 e. The third-order valence-electron chi connectivity index (χ3n) is 5.96. The number of halogens is 3. The molecule has 7 nitrogen and oxygen atoms in total. The number of benzene rings is 2. The van der Waals surface area contributed by atoms with Crippen molar-refractivity contribution in [1.82, 2.24) is 15.1 Å². The fourth-order valence-corrected chi connectivity index (χ4v) is 4.04. The van der Waals surface area contributed by atoms with Gasteiger partial charge < -0.3 is 15.0 Å². The van der Waals surface area contributed by atoms with Gasteiger partial charge in [0.1, 0.15) is 5.69 Å². The Morgan fingerprint density at radius 2 is 1.86 bits per heavy atom. The average molecular weight is 483 g/mol. The quantitative estimate of drug-likeness (QED) is 0.467. The molecule has 4 rings (SSSR count). The minimum absolute atomic E-state index is 0.244. The molecule has 0 bridgehead atoms. The number of ether oxygens (including phenoxy) is 1. The van der Waals surface area contributed by atoms with Gasteiger partial charge in [-0.05, 0) is 18.6 Å². The number of alkyl halides is 3. The van der Waals surface area contributed by atoms with Gasteiger partial charge in [-0.1, -0.05) is 49.7 Å². The number of amides is 1. The molecular formula is C25H24F3N5O2. The van der Waals surface area contributed by atoms with Gasteiger partial charge in [-0.2, -0.15) is 18.4 Å². The second kappa shape index (κ2) is 10.2. The van der Waals surface area contributed by atoms with Crippen molar-refractivity contribution >= 4 is 22.7 Å². The fourth-order valence-electron chi connectivity index (χ4n) is 4.04. The molecule has 1 amide bonds. The van der Waals surface area contributed by atoms with Crippen LogP contribution >= 0.6 is 0 Å². The van der Waals surface area contributed by atoms with Crippen LogP contribution in [-0.2, 0) is 10.9 Å². The normalized spacial score (nSPS) is 17.9. The van der Waals surface area contributed by atoms with Crippen molar-refractivity contribution in [2.75, 3.05) is 25.0 Å². The number of carbonyl (C=O) groups is 1. The number of likely N-dealkylation sites (tertiary alicyclic amines) is 1. The number of nitriles is 1. The van der Waals surface area contributed by atoms with E-state index in [-0.39, 0.29) is 19.1 Å². The zero-order valence-electron chi connectivity index (χ0n) is 19.0. The summed E-state index contributed by atoms with van der Waals surface area (Å²) in [5.41, 5.74) is 0.215. The molecule has 2 unspecified atom stereocenters. The highest BCUT2D eigenvalue weighted by Crippen LogP contribution is 2.34. The molecule has 2 atom stereocenters. The molecule has 10 heteroatoms. The van der Waals surface area contributed by atoms with Gasteiger partial charge in [-0.25, -0.2) is 4.79 Å². The first-order valence-electron chi connectivity index (χ1n) is 11.3. The Balaban J connectivity index is 1.58. The van der Waals surface area contributed by atoms with Crippen LogP contribution in [-0.4, -0.2) is 46.9 Å². The maximum Gasteiger partial charge on any atom is 0.416 e. The average Bonchev–Trinajstić information content (AvgIpc) is 3.27. The third kappa shape index (κ3) is 5.29. The van der Waals surface area contributed by atoms with E-state index in [2.05, 4.69) is 21.6 Å². The molecule has 0 aliphatic carbocycles. The molecule has 1 saturated heterocycles. The van der Waals surface area contributed by atoms with Crippen molar-refractivity contribution in [2.45, 2.75) is 32.0 Å². The summed E-state index contributed by atoms with van der Waals surface area (Å²) in [7, 11) is 0. The number of anilines is 1. The summed E-state index contributed by atoms with van der Waals surface area (Å²) >= 11 is 0. The Bertz CT molecular complexity index is 1240. The Labute approximate surface area is 200 Å². The van der Waals surface area contributed by atoms with Gasteiger partial charge in [-0.15, -0.1) is 10.2 Å². The first-order chi connectivity index (χ1) is 16.8. The van der Waals surface area contributed by atoms with E-state index in [9.17, 15) is 23.2 Å². The van der Waals surface area contributed by atoms with Gasteiger partial charge in [0, 0.05) is 29.4 Å². The van der Waals surface area contributed by atoms with Crippen LogP contribution in [0.3, 0.4) is 0 Å². The molecule has 1 aromatic heterocycles. The minimum atomic E-state index is -4.42. The zero-order valence-corrected chi connectivity index (χ0v) is 19.0. The summed E-state index contributed by atoms with van der Waals surface area (Å²) in [6.45, 7) is 2.86. The van der Waals surface area contributed by atoms with Crippen molar-refractivity contribution in [3.8, 4) is 17.3 Å². The Morgan fingerprint density at radius 1 is 1.14 bits per heavy atom. The zero-order chi connectivity index (χ0) is 25.0. The molecule has 3 aromatic rings. The molecule has 1 aliphatic rings. The third-order valence-corrected chi connectivity index (χ3v) is 5.96. The lowest BCUT2D eigenvalue weighted by Gasteiger charge is -2.18. The highest BCUT2D eigenvalue weighted by atomic mass is 19.4. The van der Waals surface area contributed by atoms with E-state index in [4.69, 9.17) is 4.74 Å². The summed E-state index contributed by atoms with van der Waals surface area (Å²) in [4.78, 5) is 13.9. The maximum atomic E-state index is 12.9. The number of nitrogens with one attached hydrogen (secondary N) is 1. The van der Waals surface area contributed by atoms with Crippen LogP contribution in [0.25, 0.3) is 22.0 Å². The van der Waals surface area contributed by atoms with Crippen molar-refractivity contribution in [2.24, 2.45) is 5.92 Å². The van der Waals surface area contributed by atoms with Gasteiger partial charge in [0.15, 0.2) is 5.82 Å². The number of carbonyl (C=O) groups excluding carboxylic acids is 1. The summed E-state index contributed by atoms with van der Waals surface area (Å²) in [5.74, 6) is -0.0356. The minimum Gasteiger partial charge on any atom is -0.449 e. The summed E-state index contributed by atoms with van der Waals surface area (Å²) < 4.78 is 44.1. The number of aromatic nitrogens is 2. The topological polar surface area (TPSA) is 91.1 Å². The Morgan fingerprint density at radius 3 is 2.51 bits per heavy atom. The number of rotatable bonds is 6. The van der Waals surface area contributed by atoms with Gasteiger partial charge in [0.05, 0.1) is 30.2 Å². The van der Waals surface area contributed by atoms with E-state index in [0.29, 0.717) is 34.5 Å². The van der Waals surface area contributed by atoms with Crippen molar-refractivity contribution in [1.29, 1.82) is 5.26 Å². The van der Waals surface area contributed by atoms with Crippen molar-refractivity contribution in [3.05, 3.63) is 54.1 Å². The number of nitrogens with zero attached hydrogens (tertiary/aromatic N) is 4. The van der Waals surface area contributed by atoms with E-state index in [1.165, 1.54) is 17.0 Å². The summed E-state index contributed by atoms with van der Waals surface area (Å²) in [5, 5.41) is 22.9. The number of fused-ring (bicyclic) bond motifs is 1. The van der Waals surface area contributed by atoms with Crippen LogP contribution in [0.5, 0.6) is 0 Å². The lowest BCUT2D eigenvalue weighted by Crippen LogP contribution is -2.32. The second-order valence-electron chi connectivity index (χ2n) is 8.38. The molecular weight excluding hydrogens is 459 g/mol. The number of hydrogen-bond acceptors (Lipinski definition) is 6. The first-order valence-corrected chi connectivity index (χ1v) is 11.3. The highest BCUT2D eigenvalue weighted by Gasteiger charge is 2.37. The molecule has 1 fully saturated rings. The van der Waals surface area contributed by atoms with E-state index >= 15 is 0 Å². The van der Waals surface area contributed by atoms with Crippen LogP contribution in [0, 0.1) is 17.2 Å². The van der Waals surface area contributed by atoms with Gasteiger partial charge in [0.2, 0.25) is 0 Å². The monoisotopic (exact) mass is 483 g/mol. The molecule has 0 spiro atoms. The van der Waals surface area contributed by atoms with Crippen LogP contribution < -0.4 is 5.32 Å². The summed E-state index contributed by atoms with van der Waals surface area (Å²) in [6.07, 6.45) is -3.19. The molecule has 35 heavy (non-hydrogen) atoms. The Kier molecular flexibility index (Phi) is 7.05. The van der Waals surface area contributed by atoms with E-state index < -0.39 is 23.8 Å². The fraction of sp³-hybridized carbons (Fsp3) is 0.360. The van der Waals surface area contributed by atoms with E-state index in [1.807, 2.05) is 31.2 Å². The SMILES string of the molecule is CCCCOC(=O)N1CC(C#N)C(Nc2nnc(-c3ccc(C(F)(F)F)cc3)c3ccccc23)C1. The van der Waals surface area contributed by atoms with Gasteiger partial charge in [0.25, 0.3) is 0 Å². The molecule has 182 valence electrons. The molecule has 1 aliphatic heterocycles. The lowest BCUT2D eigenvalue weighted by atomic mass is 10.0. The number of hydrogen-bond donors (Lipinski definition) is 1. The van der Waals surface area contributed by atoms with Crippen molar-refractivity contribution < 1.29 is 22.7 Å². The van der Waals surface area contributed by atoms with Gasteiger partial charge >= 0.3 is 12.3 Å². The predicted molar refractivity (Wildman–Crippen MR) is 124 cm³/mol. The molecule has 0 saturated carbocycles. The van der Waals surface area contributed by atoms with Crippen LogP contribution in [0.4, 0.5) is 23.8 Å². The highest BCUT2D eigenvalue weighted by molar-refractivity contribution is 6.00. The van der Waals surface area contributed by atoms with Crippen LogP contribution in [0.15, 0.2) is 48.5 Å². The second-order valence-corrected chi connectivity index (χ2v) is 8.38. The standard InChI is InChI=1S/C25H24F3N5O2/c1-2-3-12-35-24(34)33-14-17(13-29)21(15-33)30-23-20-7-5-4-6-19(20)22(31-32-23)16-8-10-18(11-9-16)25(26,27)28/h4-11,17,21H,2-3,12,14-15H2,1H3,(H,30,32). The lowest BCUT2D eigenvalue weighted by molar-refractivity contribution is -0.137. The largest absolute Gasteiger partial charge is 0.449 e. The molecule has 0 radical (unpaired) electrons. The number of unbranched alkanes of at least 4 members (excludes halogenated alkanes) is 1. The Hall–Kier alpha value is -3.87. The van der Waals surface area contributed by atoms with Crippen LogP contribution in [0.1, 0.15) is 25.3 Å². The first kappa shape index (κ1) is 24.3. The van der Waals surface area contributed by atoms with E-state index in [1.54, 1.807) is 0 Å². The summed E-state index contributed by atoms with van der Waals surface area (Å²) in [6, 6.07) is 13.9. The maximum absolute atomic E-state index is 12.9. The van der Waals surface area contributed by atoms with Crippen molar-refractivity contribution in [3.63, 3.8) is 0 Å². The molecule has 1 N–H and O–H groups in total. The molecule has 2 aromatic carbocycles. The predicted octanol–water partition coefficient (Wildman–Crippen LogP) is 5.49. The van der Waals surface area contributed by atoms with Gasteiger partial charge in [-0.3, -0.25) is 0 Å². The van der Waals surface area contributed by atoms with Crippen LogP contribution in [0.2, 0.25) is 0 Å². The van der Waals surface area contributed by atoms with E-state index in [0.717, 1.165) is 25.0 Å². The molecule has 2 heterocycles.